The van der Waals surface area contributed by atoms with Gasteiger partial charge in [-0.05, 0) is 49.2 Å². The van der Waals surface area contributed by atoms with Gasteiger partial charge in [-0.2, -0.15) is 0 Å². The predicted molar refractivity (Wildman–Crippen MR) is 126 cm³/mol. The van der Waals surface area contributed by atoms with Crippen LogP contribution in [0.3, 0.4) is 0 Å². The van der Waals surface area contributed by atoms with Crippen LogP contribution in [0, 0.1) is 12.8 Å². The van der Waals surface area contributed by atoms with E-state index in [1.165, 1.54) is 0 Å². The number of pyridine rings is 1. The third kappa shape index (κ3) is 5.19. The number of aryl methyl sites for hydroxylation is 2. The fraction of sp³-hybridized carbons (Fsp3) is 0.304. The zero-order valence-electron chi connectivity index (χ0n) is 17.2. The van der Waals surface area contributed by atoms with Gasteiger partial charge in [-0.1, -0.05) is 15.9 Å². The van der Waals surface area contributed by atoms with Gasteiger partial charge in [0.1, 0.15) is 0 Å². The average Bonchev–Trinajstić information content (AvgIpc) is 3.41. The van der Waals surface area contributed by atoms with Crippen LogP contribution in [-0.2, 0) is 16.0 Å². The molecule has 0 saturated carbocycles. The molecule has 3 heterocycles. The summed E-state index contributed by atoms with van der Waals surface area (Å²) in [6.07, 6.45) is 5.39. The highest BCUT2D eigenvalue weighted by Crippen LogP contribution is 2.28. The lowest BCUT2D eigenvalue weighted by molar-refractivity contribution is -0.126. The highest BCUT2D eigenvalue weighted by Gasteiger charge is 2.35. The number of benzene rings is 1. The maximum atomic E-state index is 12.6. The first kappa shape index (κ1) is 21.6. The number of hydrogen-bond acceptors (Lipinski definition) is 5. The molecule has 0 spiro atoms. The van der Waals surface area contributed by atoms with E-state index in [0.717, 1.165) is 44.8 Å². The van der Waals surface area contributed by atoms with Crippen LogP contribution >= 0.6 is 27.3 Å². The Morgan fingerprint density at radius 1 is 1.29 bits per heavy atom. The Hall–Kier alpha value is -2.58. The van der Waals surface area contributed by atoms with Crippen molar-refractivity contribution < 1.29 is 9.59 Å². The van der Waals surface area contributed by atoms with Gasteiger partial charge in [0.25, 0.3) is 0 Å². The number of hydrogen-bond donors (Lipinski definition) is 1. The third-order valence-electron chi connectivity index (χ3n) is 5.34. The van der Waals surface area contributed by atoms with Gasteiger partial charge in [0.2, 0.25) is 11.8 Å². The summed E-state index contributed by atoms with van der Waals surface area (Å²) in [5.41, 5.74) is 3.92. The molecule has 1 aliphatic heterocycles. The second-order valence-electron chi connectivity index (χ2n) is 7.60. The monoisotopic (exact) mass is 498 g/mol. The zero-order chi connectivity index (χ0) is 21.8. The van der Waals surface area contributed by atoms with Crippen LogP contribution in [0.2, 0.25) is 0 Å². The van der Waals surface area contributed by atoms with Gasteiger partial charge in [0.05, 0.1) is 16.6 Å². The summed E-state index contributed by atoms with van der Waals surface area (Å²) in [5, 5.41) is 6.09. The zero-order valence-corrected chi connectivity index (χ0v) is 19.6. The molecule has 3 aromatic rings. The van der Waals surface area contributed by atoms with Crippen molar-refractivity contribution in [1.29, 1.82) is 0 Å². The number of anilines is 1. The van der Waals surface area contributed by atoms with E-state index in [1.54, 1.807) is 28.6 Å². The normalized spacial score (nSPS) is 16.0. The Balaban J connectivity index is 1.24. The maximum Gasteiger partial charge on any atom is 0.227 e. The molecule has 0 bridgehead atoms. The molecule has 1 saturated heterocycles. The molecular formula is C23H23BrN4O2S. The fourth-order valence-corrected chi connectivity index (χ4v) is 4.70. The minimum absolute atomic E-state index is 0.00620. The Morgan fingerprint density at radius 3 is 2.87 bits per heavy atom. The first-order valence-corrected chi connectivity index (χ1v) is 11.9. The van der Waals surface area contributed by atoms with Crippen molar-refractivity contribution >= 4 is 44.8 Å². The van der Waals surface area contributed by atoms with Gasteiger partial charge in [0.15, 0.2) is 0 Å². The minimum Gasteiger partial charge on any atom is -0.356 e. The molecule has 2 amide bonds. The largest absolute Gasteiger partial charge is 0.356 e. The molecule has 0 aliphatic carbocycles. The molecule has 1 aromatic carbocycles. The first-order chi connectivity index (χ1) is 15.0. The summed E-state index contributed by atoms with van der Waals surface area (Å²) in [7, 11) is 0. The van der Waals surface area contributed by atoms with Gasteiger partial charge < -0.3 is 10.2 Å². The van der Waals surface area contributed by atoms with Gasteiger partial charge in [-0.3, -0.25) is 14.6 Å². The number of carbonyl (C=O) groups excluding carboxylic acids is 2. The highest BCUT2D eigenvalue weighted by atomic mass is 79.9. The van der Waals surface area contributed by atoms with E-state index in [1.807, 2.05) is 42.6 Å². The fourth-order valence-electron chi connectivity index (χ4n) is 3.61. The summed E-state index contributed by atoms with van der Waals surface area (Å²) in [6.45, 7) is 2.99. The minimum atomic E-state index is -0.311. The summed E-state index contributed by atoms with van der Waals surface area (Å²) in [4.78, 5) is 35.4. The quantitative estimate of drug-likeness (QED) is 0.490. The van der Waals surface area contributed by atoms with E-state index in [2.05, 4.69) is 31.2 Å². The summed E-state index contributed by atoms with van der Waals surface area (Å²) < 4.78 is 1.00. The second-order valence-corrected chi connectivity index (χ2v) is 9.39. The number of amides is 2. The van der Waals surface area contributed by atoms with Crippen molar-refractivity contribution in [1.82, 2.24) is 15.3 Å². The van der Waals surface area contributed by atoms with Crippen LogP contribution in [0.1, 0.15) is 23.4 Å². The summed E-state index contributed by atoms with van der Waals surface area (Å²) in [5.74, 6) is -0.371. The van der Waals surface area contributed by atoms with E-state index >= 15 is 0 Å². The van der Waals surface area contributed by atoms with Gasteiger partial charge in [-0.25, -0.2) is 4.98 Å². The SMILES string of the molecule is Cc1cc(N2CC(C(=O)NCCCc3nc(-c4ccncc4)cs3)CC2=O)ccc1Br. The van der Waals surface area contributed by atoms with Crippen molar-refractivity contribution in [3.63, 3.8) is 0 Å². The number of carbonyl (C=O) groups is 2. The number of rotatable bonds is 7. The maximum absolute atomic E-state index is 12.6. The molecule has 1 N–H and O–H groups in total. The van der Waals surface area contributed by atoms with Gasteiger partial charge in [0, 0.05) is 59.4 Å². The van der Waals surface area contributed by atoms with Crippen molar-refractivity contribution in [2.24, 2.45) is 5.92 Å². The van der Waals surface area contributed by atoms with E-state index in [0.29, 0.717) is 13.1 Å². The molecule has 4 rings (SSSR count). The number of aromatic nitrogens is 2. The van der Waals surface area contributed by atoms with Crippen LogP contribution in [0.25, 0.3) is 11.3 Å². The van der Waals surface area contributed by atoms with Crippen LogP contribution in [0.5, 0.6) is 0 Å². The third-order valence-corrected chi connectivity index (χ3v) is 7.14. The lowest BCUT2D eigenvalue weighted by Gasteiger charge is -2.17. The highest BCUT2D eigenvalue weighted by molar-refractivity contribution is 9.10. The Morgan fingerprint density at radius 2 is 2.10 bits per heavy atom. The smallest absolute Gasteiger partial charge is 0.227 e. The average molecular weight is 499 g/mol. The Kier molecular flexibility index (Phi) is 6.77. The molecule has 1 unspecified atom stereocenters. The number of nitrogens with one attached hydrogen (secondary N) is 1. The number of halogens is 1. The summed E-state index contributed by atoms with van der Waals surface area (Å²) >= 11 is 5.11. The predicted octanol–water partition coefficient (Wildman–Crippen LogP) is 4.38. The number of nitrogens with zero attached hydrogens (tertiary/aromatic N) is 3. The van der Waals surface area contributed by atoms with Gasteiger partial charge in [-0.15, -0.1) is 11.3 Å². The molecule has 160 valence electrons. The molecule has 1 aliphatic rings. The summed E-state index contributed by atoms with van der Waals surface area (Å²) in [6, 6.07) is 9.70. The standard InChI is InChI=1S/C23H23BrN4O2S/c1-15-11-18(4-5-19(15)24)28-13-17(12-22(28)29)23(30)26-8-2-3-21-27-20(14-31-21)16-6-9-25-10-7-16/h4-7,9-11,14,17H,2-3,8,12-13H2,1H3,(H,26,30). The Bertz CT molecular complexity index is 1090. The van der Waals surface area contributed by atoms with Crippen LogP contribution < -0.4 is 10.2 Å². The molecule has 31 heavy (non-hydrogen) atoms. The lowest BCUT2D eigenvalue weighted by atomic mass is 10.1. The molecule has 6 nitrogen and oxygen atoms in total. The van der Waals surface area contributed by atoms with Crippen LogP contribution in [0.4, 0.5) is 5.69 Å². The molecule has 2 aromatic heterocycles. The van der Waals surface area contributed by atoms with E-state index < -0.39 is 0 Å². The first-order valence-electron chi connectivity index (χ1n) is 10.2. The molecule has 0 radical (unpaired) electrons. The topological polar surface area (TPSA) is 75.2 Å². The van der Waals surface area contributed by atoms with Crippen molar-refractivity contribution in [3.05, 3.63) is 63.1 Å². The second kappa shape index (κ2) is 9.70. The van der Waals surface area contributed by atoms with E-state index in [4.69, 9.17) is 0 Å². The van der Waals surface area contributed by atoms with E-state index in [9.17, 15) is 9.59 Å². The van der Waals surface area contributed by atoms with Crippen LogP contribution in [0.15, 0.2) is 52.6 Å². The number of thiazole rings is 1. The van der Waals surface area contributed by atoms with Crippen LogP contribution in [-0.4, -0.2) is 34.9 Å². The molecule has 1 atom stereocenters. The molecule has 8 heteroatoms. The lowest BCUT2D eigenvalue weighted by Crippen LogP contribution is -2.33. The van der Waals surface area contributed by atoms with Crippen molar-refractivity contribution in [2.45, 2.75) is 26.2 Å². The van der Waals surface area contributed by atoms with E-state index in [-0.39, 0.29) is 24.2 Å². The molecule has 1 fully saturated rings. The Labute approximate surface area is 193 Å². The van der Waals surface area contributed by atoms with Crippen molar-refractivity contribution in [2.75, 3.05) is 18.0 Å². The molecular weight excluding hydrogens is 476 g/mol. The van der Waals surface area contributed by atoms with Gasteiger partial charge >= 0.3 is 0 Å². The van der Waals surface area contributed by atoms with Crippen molar-refractivity contribution in [3.8, 4) is 11.3 Å².